The lowest BCUT2D eigenvalue weighted by atomic mass is 9.91. The van der Waals surface area contributed by atoms with Gasteiger partial charge in [-0.1, -0.05) is 12.1 Å². The third-order valence-electron chi connectivity index (χ3n) is 5.89. The van der Waals surface area contributed by atoms with Crippen molar-refractivity contribution in [3.8, 4) is 11.1 Å². The van der Waals surface area contributed by atoms with Crippen molar-refractivity contribution < 1.29 is 9.21 Å². The zero-order chi connectivity index (χ0) is 21.2. The van der Waals surface area contributed by atoms with Gasteiger partial charge in [0, 0.05) is 36.3 Å². The van der Waals surface area contributed by atoms with Gasteiger partial charge in [-0.05, 0) is 37.6 Å². The number of hydrogen-bond acceptors (Lipinski definition) is 7. The fraction of sp³-hybridized carbons (Fsp3) is 0.348. The van der Waals surface area contributed by atoms with E-state index in [0.717, 1.165) is 53.9 Å². The first kappa shape index (κ1) is 19.6. The number of carbonyl (C=O) groups excluding carboxylic acids is 1. The number of aromatic nitrogens is 5. The SMILES string of the molecule is Cn1cc(-c2ccc3cnc(CC(=O)C4CCN(Cc5ncco5)CC4)nc3c2)cn1. The summed E-state index contributed by atoms with van der Waals surface area (Å²) >= 11 is 0. The molecule has 5 rings (SSSR count). The van der Waals surface area contributed by atoms with Crippen molar-refractivity contribution in [3.05, 3.63) is 61.0 Å². The largest absolute Gasteiger partial charge is 0.448 e. The van der Waals surface area contributed by atoms with Crippen molar-refractivity contribution in [1.29, 1.82) is 0 Å². The number of rotatable bonds is 6. The Hall–Kier alpha value is -3.39. The van der Waals surface area contributed by atoms with E-state index in [2.05, 4.69) is 25.0 Å². The number of Topliss-reactive ketones (excluding diaryl/α,β-unsaturated/α-hetero) is 1. The van der Waals surface area contributed by atoms with Gasteiger partial charge in [0.2, 0.25) is 5.89 Å². The number of ketones is 1. The third-order valence-corrected chi connectivity index (χ3v) is 5.89. The number of hydrogen-bond donors (Lipinski definition) is 0. The molecule has 158 valence electrons. The number of piperidine rings is 1. The van der Waals surface area contributed by atoms with Crippen molar-refractivity contribution in [2.75, 3.05) is 13.1 Å². The number of carbonyl (C=O) groups is 1. The molecule has 8 heteroatoms. The molecule has 0 unspecified atom stereocenters. The van der Waals surface area contributed by atoms with Crippen molar-refractivity contribution in [1.82, 2.24) is 29.6 Å². The number of aryl methyl sites for hydroxylation is 1. The van der Waals surface area contributed by atoms with Gasteiger partial charge in [-0.15, -0.1) is 0 Å². The number of likely N-dealkylation sites (tertiary alicyclic amines) is 1. The molecule has 0 radical (unpaired) electrons. The van der Waals surface area contributed by atoms with Crippen LogP contribution in [-0.4, -0.2) is 48.5 Å². The maximum absolute atomic E-state index is 12.9. The normalized spacial score (nSPS) is 15.5. The third kappa shape index (κ3) is 4.39. The summed E-state index contributed by atoms with van der Waals surface area (Å²) in [5, 5.41) is 5.20. The molecule has 1 aliphatic heterocycles. The van der Waals surface area contributed by atoms with E-state index in [0.29, 0.717) is 12.4 Å². The van der Waals surface area contributed by atoms with Crippen LogP contribution in [0.5, 0.6) is 0 Å². The van der Waals surface area contributed by atoms with E-state index in [1.807, 2.05) is 37.6 Å². The van der Waals surface area contributed by atoms with Gasteiger partial charge in [0.1, 0.15) is 17.9 Å². The minimum atomic E-state index is 0.0573. The zero-order valence-corrected chi connectivity index (χ0v) is 17.4. The number of benzene rings is 1. The van der Waals surface area contributed by atoms with Crippen LogP contribution in [0.4, 0.5) is 0 Å². The lowest BCUT2D eigenvalue weighted by Gasteiger charge is -2.30. The molecule has 1 fully saturated rings. The predicted octanol–water partition coefficient (Wildman–Crippen LogP) is 3.04. The van der Waals surface area contributed by atoms with Crippen LogP contribution in [0.3, 0.4) is 0 Å². The molecule has 3 aromatic heterocycles. The summed E-state index contributed by atoms with van der Waals surface area (Å²) in [5.74, 6) is 1.59. The Morgan fingerprint density at radius 2 is 2.03 bits per heavy atom. The van der Waals surface area contributed by atoms with E-state index in [-0.39, 0.29) is 18.1 Å². The molecule has 31 heavy (non-hydrogen) atoms. The summed E-state index contributed by atoms with van der Waals surface area (Å²) in [6.45, 7) is 2.43. The first-order valence-corrected chi connectivity index (χ1v) is 10.5. The summed E-state index contributed by atoms with van der Waals surface area (Å²) in [4.78, 5) is 28.4. The topological polar surface area (TPSA) is 89.9 Å². The molecular weight excluding hydrogens is 392 g/mol. The van der Waals surface area contributed by atoms with Crippen molar-refractivity contribution in [2.24, 2.45) is 13.0 Å². The summed E-state index contributed by atoms with van der Waals surface area (Å²) < 4.78 is 7.10. The van der Waals surface area contributed by atoms with Crippen molar-refractivity contribution in [3.63, 3.8) is 0 Å². The number of oxazole rings is 1. The molecule has 0 bridgehead atoms. The molecule has 1 saturated heterocycles. The lowest BCUT2D eigenvalue weighted by Crippen LogP contribution is -2.36. The second-order valence-corrected chi connectivity index (χ2v) is 8.08. The molecule has 0 N–H and O–H groups in total. The molecule has 4 aromatic rings. The Morgan fingerprint density at radius 3 is 2.77 bits per heavy atom. The van der Waals surface area contributed by atoms with Gasteiger partial charge in [-0.2, -0.15) is 5.10 Å². The van der Waals surface area contributed by atoms with Crippen LogP contribution in [0.15, 0.2) is 53.7 Å². The van der Waals surface area contributed by atoms with Gasteiger partial charge in [0.15, 0.2) is 0 Å². The summed E-state index contributed by atoms with van der Waals surface area (Å²) in [6.07, 6.45) is 10.8. The van der Waals surface area contributed by atoms with Crippen LogP contribution in [-0.2, 0) is 24.8 Å². The molecule has 0 saturated carbocycles. The summed E-state index contributed by atoms with van der Waals surface area (Å²) in [6, 6.07) is 6.08. The smallest absolute Gasteiger partial charge is 0.208 e. The van der Waals surface area contributed by atoms with Gasteiger partial charge in [-0.25, -0.2) is 15.0 Å². The van der Waals surface area contributed by atoms with Gasteiger partial charge in [0.25, 0.3) is 0 Å². The quantitative estimate of drug-likeness (QED) is 0.477. The predicted molar refractivity (Wildman–Crippen MR) is 115 cm³/mol. The standard InChI is InChI=1S/C23H24N6O2/c1-28-14-19(13-26-28)17-2-3-18-12-25-22(27-20(18)10-17)11-21(30)16-4-7-29(8-5-16)15-23-24-6-9-31-23/h2-3,6,9-10,12-14,16H,4-5,7-8,11,15H2,1H3. The van der Waals surface area contributed by atoms with Crippen LogP contribution in [0.1, 0.15) is 24.6 Å². The molecule has 0 spiro atoms. The van der Waals surface area contributed by atoms with Crippen LogP contribution < -0.4 is 0 Å². The van der Waals surface area contributed by atoms with E-state index in [9.17, 15) is 4.79 Å². The van der Waals surface area contributed by atoms with E-state index < -0.39 is 0 Å². The minimum Gasteiger partial charge on any atom is -0.448 e. The second kappa shape index (κ2) is 8.39. The van der Waals surface area contributed by atoms with Gasteiger partial charge in [0.05, 0.1) is 30.9 Å². The fourth-order valence-electron chi connectivity index (χ4n) is 4.13. The average molecular weight is 416 g/mol. The second-order valence-electron chi connectivity index (χ2n) is 8.08. The Bertz CT molecular complexity index is 1190. The highest BCUT2D eigenvalue weighted by atomic mass is 16.3. The van der Waals surface area contributed by atoms with E-state index in [1.165, 1.54) is 0 Å². The highest BCUT2D eigenvalue weighted by molar-refractivity contribution is 5.85. The number of nitrogens with zero attached hydrogens (tertiary/aromatic N) is 6. The van der Waals surface area contributed by atoms with Gasteiger partial charge >= 0.3 is 0 Å². The highest BCUT2D eigenvalue weighted by Crippen LogP contribution is 2.24. The molecule has 4 heterocycles. The maximum Gasteiger partial charge on any atom is 0.208 e. The maximum atomic E-state index is 12.9. The van der Waals surface area contributed by atoms with E-state index in [1.54, 1.807) is 23.3 Å². The van der Waals surface area contributed by atoms with Gasteiger partial charge in [-0.3, -0.25) is 14.4 Å². The van der Waals surface area contributed by atoms with Crippen LogP contribution in [0, 0.1) is 5.92 Å². The van der Waals surface area contributed by atoms with Crippen molar-refractivity contribution >= 4 is 16.7 Å². The first-order chi connectivity index (χ1) is 15.1. The molecule has 1 aromatic carbocycles. The molecule has 0 amide bonds. The Labute approximate surface area is 179 Å². The monoisotopic (exact) mass is 416 g/mol. The zero-order valence-electron chi connectivity index (χ0n) is 17.4. The Morgan fingerprint density at radius 1 is 1.16 bits per heavy atom. The Kier molecular flexibility index (Phi) is 5.30. The summed E-state index contributed by atoms with van der Waals surface area (Å²) in [5.41, 5.74) is 2.94. The molecule has 0 atom stereocenters. The average Bonchev–Trinajstić information content (AvgIpc) is 3.45. The molecule has 0 aliphatic carbocycles. The van der Waals surface area contributed by atoms with Crippen molar-refractivity contribution in [2.45, 2.75) is 25.8 Å². The van der Waals surface area contributed by atoms with Crippen LogP contribution in [0.2, 0.25) is 0 Å². The van der Waals surface area contributed by atoms with Crippen LogP contribution >= 0.6 is 0 Å². The van der Waals surface area contributed by atoms with Crippen LogP contribution in [0.25, 0.3) is 22.0 Å². The first-order valence-electron chi connectivity index (χ1n) is 10.5. The van der Waals surface area contributed by atoms with E-state index >= 15 is 0 Å². The highest BCUT2D eigenvalue weighted by Gasteiger charge is 2.26. The summed E-state index contributed by atoms with van der Waals surface area (Å²) in [7, 11) is 1.90. The molecule has 1 aliphatic rings. The number of fused-ring (bicyclic) bond motifs is 1. The fourth-order valence-corrected chi connectivity index (χ4v) is 4.13. The Balaban J connectivity index is 1.24. The van der Waals surface area contributed by atoms with Gasteiger partial charge < -0.3 is 4.42 Å². The van der Waals surface area contributed by atoms with E-state index in [4.69, 9.17) is 4.42 Å². The molecule has 8 nitrogen and oxygen atoms in total. The minimum absolute atomic E-state index is 0.0573. The lowest BCUT2D eigenvalue weighted by molar-refractivity contribution is -0.123. The molecular formula is C23H24N6O2.